The molecule has 0 bridgehead atoms. The topological polar surface area (TPSA) is 43.4 Å². The molecular weight excluding hydrogens is 132 g/mol. The van der Waals surface area contributed by atoms with E-state index >= 15 is 0 Å². The van der Waals surface area contributed by atoms with E-state index in [1.807, 2.05) is 0 Å². The van der Waals surface area contributed by atoms with E-state index in [-0.39, 0.29) is 11.9 Å². The highest BCUT2D eigenvalue weighted by atomic mass is 16.5. The van der Waals surface area contributed by atoms with Crippen molar-refractivity contribution >= 4 is 12.3 Å². The van der Waals surface area contributed by atoms with Crippen LogP contribution in [0.25, 0.3) is 0 Å². The van der Waals surface area contributed by atoms with Crippen molar-refractivity contribution in [3.63, 3.8) is 0 Å². The normalized spacial score (nSPS) is 36.8. The van der Waals surface area contributed by atoms with Crippen molar-refractivity contribution in [2.45, 2.75) is 13.3 Å². The van der Waals surface area contributed by atoms with Crippen molar-refractivity contribution in [2.75, 3.05) is 7.11 Å². The summed E-state index contributed by atoms with van der Waals surface area (Å²) in [6.07, 6.45) is 1.46. The zero-order valence-electron chi connectivity index (χ0n) is 6.09. The number of esters is 1. The average Bonchev–Trinajstić information content (AvgIpc) is 2.61. The van der Waals surface area contributed by atoms with E-state index in [0.717, 1.165) is 6.29 Å². The molecule has 3 heteroatoms. The van der Waals surface area contributed by atoms with Gasteiger partial charge in [-0.2, -0.15) is 0 Å². The lowest BCUT2D eigenvalue weighted by atomic mass is 10.1. The molecule has 0 unspecified atom stereocenters. The highest BCUT2D eigenvalue weighted by molar-refractivity contribution is 5.85. The first kappa shape index (κ1) is 7.25. The number of methoxy groups -OCH3 is 1. The summed E-state index contributed by atoms with van der Waals surface area (Å²) < 4.78 is 4.51. The molecule has 3 nitrogen and oxygen atoms in total. The maximum Gasteiger partial charge on any atom is 0.312 e. The minimum atomic E-state index is -0.503. The molecule has 0 aromatic heterocycles. The van der Waals surface area contributed by atoms with Gasteiger partial charge in [-0.25, -0.2) is 0 Å². The van der Waals surface area contributed by atoms with E-state index in [2.05, 4.69) is 4.74 Å². The van der Waals surface area contributed by atoms with Gasteiger partial charge in [0, 0.05) is 5.92 Å². The summed E-state index contributed by atoms with van der Waals surface area (Å²) in [5.41, 5.74) is -0.503. The first-order valence-corrected chi connectivity index (χ1v) is 3.19. The van der Waals surface area contributed by atoms with Gasteiger partial charge in [-0.3, -0.25) is 4.79 Å². The molecule has 0 aliphatic heterocycles. The highest BCUT2D eigenvalue weighted by Crippen LogP contribution is 2.51. The molecule has 0 amide bonds. The molecule has 0 saturated heterocycles. The number of hydrogen-bond acceptors (Lipinski definition) is 3. The Morgan fingerprint density at radius 2 is 2.40 bits per heavy atom. The van der Waals surface area contributed by atoms with Crippen LogP contribution in [-0.2, 0) is 14.3 Å². The Labute approximate surface area is 59.4 Å². The van der Waals surface area contributed by atoms with Crippen molar-refractivity contribution in [3.8, 4) is 0 Å². The van der Waals surface area contributed by atoms with Crippen molar-refractivity contribution in [1.82, 2.24) is 0 Å². The molecule has 1 fully saturated rings. The third-order valence-electron chi connectivity index (χ3n) is 2.12. The Balaban J connectivity index is 2.58. The third kappa shape index (κ3) is 0.818. The van der Waals surface area contributed by atoms with Crippen molar-refractivity contribution in [1.29, 1.82) is 0 Å². The fourth-order valence-electron chi connectivity index (χ4n) is 1.06. The fraction of sp³-hybridized carbons (Fsp3) is 0.714. The molecule has 0 spiro atoms. The second-order valence-corrected chi connectivity index (χ2v) is 2.86. The molecule has 1 aliphatic rings. The molecular formula is C7H10O3. The van der Waals surface area contributed by atoms with Crippen LogP contribution < -0.4 is 0 Å². The molecule has 1 saturated carbocycles. The highest BCUT2D eigenvalue weighted by Gasteiger charge is 2.57. The van der Waals surface area contributed by atoms with Crippen LogP contribution in [0.1, 0.15) is 13.3 Å². The minimum Gasteiger partial charge on any atom is -0.469 e. The van der Waals surface area contributed by atoms with E-state index in [9.17, 15) is 9.59 Å². The predicted octanol–water partition coefficient (Wildman–Crippen LogP) is 0.384. The SMILES string of the molecule is COC(=O)[C@]1(C)C[C@@H]1C=O. The van der Waals surface area contributed by atoms with Gasteiger partial charge in [0.1, 0.15) is 6.29 Å². The van der Waals surface area contributed by atoms with E-state index in [0.29, 0.717) is 6.42 Å². The zero-order valence-corrected chi connectivity index (χ0v) is 6.09. The maximum atomic E-state index is 10.9. The van der Waals surface area contributed by atoms with Crippen LogP contribution in [0.3, 0.4) is 0 Å². The van der Waals surface area contributed by atoms with Crippen LogP contribution in [0, 0.1) is 11.3 Å². The first-order chi connectivity index (χ1) is 4.65. The Hall–Kier alpha value is -0.860. The Morgan fingerprint density at radius 1 is 1.80 bits per heavy atom. The number of aldehydes is 1. The Morgan fingerprint density at radius 3 is 2.70 bits per heavy atom. The van der Waals surface area contributed by atoms with E-state index < -0.39 is 5.41 Å². The second-order valence-electron chi connectivity index (χ2n) is 2.86. The van der Waals surface area contributed by atoms with Crippen LogP contribution in [0.5, 0.6) is 0 Å². The largest absolute Gasteiger partial charge is 0.469 e. The van der Waals surface area contributed by atoms with Gasteiger partial charge >= 0.3 is 5.97 Å². The molecule has 56 valence electrons. The Kier molecular flexibility index (Phi) is 1.50. The summed E-state index contributed by atoms with van der Waals surface area (Å²) in [4.78, 5) is 21.1. The molecule has 1 rings (SSSR count). The second kappa shape index (κ2) is 2.08. The maximum absolute atomic E-state index is 10.9. The van der Waals surface area contributed by atoms with Gasteiger partial charge in [0.05, 0.1) is 12.5 Å². The van der Waals surface area contributed by atoms with Crippen molar-refractivity contribution in [2.24, 2.45) is 11.3 Å². The standard InChI is InChI=1S/C7H10O3/c1-7(6(9)10-2)3-5(7)4-8/h4-5H,3H2,1-2H3/t5-,7-/m1/s1. The number of rotatable bonds is 2. The monoisotopic (exact) mass is 142 g/mol. The molecule has 0 aromatic carbocycles. The van der Waals surface area contributed by atoms with E-state index in [1.54, 1.807) is 6.92 Å². The van der Waals surface area contributed by atoms with E-state index in [4.69, 9.17) is 0 Å². The van der Waals surface area contributed by atoms with Crippen LogP contribution in [0.15, 0.2) is 0 Å². The number of hydrogen-bond donors (Lipinski definition) is 0. The summed E-state index contributed by atoms with van der Waals surface area (Å²) in [6.45, 7) is 1.75. The third-order valence-corrected chi connectivity index (χ3v) is 2.12. The fourth-order valence-corrected chi connectivity index (χ4v) is 1.06. The van der Waals surface area contributed by atoms with Gasteiger partial charge in [-0.05, 0) is 13.3 Å². The zero-order chi connectivity index (χ0) is 7.78. The quantitative estimate of drug-likeness (QED) is 0.413. The van der Waals surface area contributed by atoms with Crippen molar-refractivity contribution in [3.05, 3.63) is 0 Å². The van der Waals surface area contributed by atoms with Gasteiger partial charge in [0.15, 0.2) is 0 Å². The molecule has 2 atom stereocenters. The first-order valence-electron chi connectivity index (χ1n) is 3.19. The van der Waals surface area contributed by atoms with Crippen LogP contribution in [0.2, 0.25) is 0 Å². The number of carbonyl (C=O) groups is 2. The van der Waals surface area contributed by atoms with Crippen LogP contribution in [-0.4, -0.2) is 19.4 Å². The van der Waals surface area contributed by atoms with Gasteiger partial charge in [0.25, 0.3) is 0 Å². The molecule has 0 N–H and O–H groups in total. The average molecular weight is 142 g/mol. The van der Waals surface area contributed by atoms with Gasteiger partial charge < -0.3 is 9.53 Å². The smallest absolute Gasteiger partial charge is 0.312 e. The summed E-state index contributed by atoms with van der Waals surface area (Å²) in [5, 5.41) is 0. The minimum absolute atomic E-state index is 0.111. The van der Waals surface area contributed by atoms with Crippen LogP contribution >= 0.6 is 0 Å². The van der Waals surface area contributed by atoms with Crippen LogP contribution in [0.4, 0.5) is 0 Å². The summed E-state index contributed by atoms with van der Waals surface area (Å²) in [5.74, 6) is -0.385. The number of ether oxygens (including phenoxy) is 1. The lowest BCUT2D eigenvalue weighted by Gasteiger charge is -2.03. The Bertz CT molecular complexity index is 176. The molecule has 0 aromatic rings. The lowest BCUT2D eigenvalue weighted by molar-refractivity contribution is -0.147. The predicted molar refractivity (Wildman–Crippen MR) is 34.3 cm³/mol. The van der Waals surface area contributed by atoms with E-state index in [1.165, 1.54) is 7.11 Å². The summed E-state index contributed by atoms with van der Waals surface area (Å²) in [7, 11) is 1.34. The lowest BCUT2D eigenvalue weighted by Crippen LogP contribution is -2.16. The molecule has 0 heterocycles. The molecule has 1 aliphatic carbocycles. The molecule has 10 heavy (non-hydrogen) atoms. The van der Waals surface area contributed by atoms with Gasteiger partial charge in [-0.15, -0.1) is 0 Å². The molecule has 0 radical (unpaired) electrons. The van der Waals surface area contributed by atoms with Gasteiger partial charge in [0.2, 0.25) is 0 Å². The summed E-state index contributed by atoms with van der Waals surface area (Å²) >= 11 is 0. The van der Waals surface area contributed by atoms with Crippen molar-refractivity contribution < 1.29 is 14.3 Å². The summed E-state index contributed by atoms with van der Waals surface area (Å²) in [6, 6.07) is 0. The number of carbonyl (C=O) groups excluding carboxylic acids is 2. The van der Waals surface area contributed by atoms with Gasteiger partial charge in [-0.1, -0.05) is 0 Å².